The van der Waals surface area contributed by atoms with Gasteiger partial charge in [-0.15, -0.1) is 0 Å². The molecule has 0 aromatic heterocycles. The summed E-state index contributed by atoms with van der Waals surface area (Å²) in [5.74, 6) is -1.25. The Labute approximate surface area is 168 Å². The van der Waals surface area contributed by atoms with E-state index >= 15 is 0 Å². The summed E-state index contributed by atoms with van der Waals surface area (Å²) in [4.78, 5) is 48.6. The first-order chi connectivity index (χ1) is 13.7. The van der Waals surface area contributed by atoms with E-state index < -0.39 is 28.9 Å². The Bertz CT molecular complexity index is 797. The fourth-order valence-electron chi connectivity index (χ4n) is 3.17. The molecule has 0 bridgehead atoms. The Kier molecular flexibility index (Phi) is 7.52. The second kappa shape index (κ2) is 9.85. The minimum Gasteiger partial charge on any atom is -0.449 e. The largest absolute Gasteiger partial charge is 0.449 e. The van der Waals surface area contributed by atoms with Gasteiger partial charge in [-0.25, -0.2) is 9.59 Å². The Hall–Kier alpha value is -3.17. The molecule has 0 saturated carbocycles. The molecule has 0 aliphatic carbocycles. The molecular weight excluding hydrogens is 380 g/mol. The zero-order valence-corrected chi connectivity index (χ0v) is 16.8. The fourth-order valence-corrected chi connectivity index (χ4v) is 3.17. The van der Waals surface area contributed by atoms with Gasteiger partial charge in [-0.1, -0.05) is 6.92 Å². The molecule has 0 radical (unpaired) electrons. The lowest BCUT2D eigenvalue weighted by Gasteiger charge is -2.32. The molecule has 1 heterocycles. The van der Waals surface area contributed by atoms with E-state index in [1.165, 1.54) is 19.1 Å². The third kappa shape index (κ3) is 5.90. The number of hydrogen-bond acceptors (Lipinski definition) is 7. The molecule has 1 aliphatic rings. The number of urea groups is 1. The van der Waals surface area contributed by atoms with Crippen LogP contribution in [0.15, 0.2) is 18.2 Å². The Morgan fingerprint density at radius 2 is 2.10 bits per heavy atom. The topological polar surface area (TPSA) is 131 Å². The highest BCUT2D eigenvalue weighted by atomic mass is 16.6. The predicted molar refractivity (Wildman–Crippen MR) is 106 cm³/mol. The van der Waals surface area contributed by atoms with Crippen molar-refractivity contribution < 1.29 is 24.0 Å². The van der Waals surface area contributed by atoms with Gasteiger partial charge in [0.05, 0.1) is 10.5 Å². The first-order valence-corrected chi connectivity index (χ1v) is 9.56. The highest BCUT2D eigenvalue weighted by Crippen LogP contribution is 2.32. The maximum atomic E-state index is 12.3. The summed E-state index contributed by atoms with van der Waals surface area (Å²) in [5, 5.41) is 16.0. The lowest BCUT2D eigenvalue weighted by atomic mass is 9.99. The van der Waals surface area contributed by atoms with Gasteiger partial charge in [0.1, 0.15) is 5.69 Å². The van der Waals surface area contributed by atoms with Crippen molar-refractivity contribution in [1.82, 2.24) is 10.6 Å². The molecule has 2 rings (SSSR count). The van der Waals surface area contributed by atoms with Gasteiger partial charge in [0, 0.05) is 25.7 Å². The monoisotopic (exact) mass is 406 g/mol. The quantitative estimate of drug-likeness (QED) is 0.421. The SMILES string of the molecule is CCNC(=O)NC(=O)[C@H](C)OC(=O)c1ccc(N2CCC[C@@H](C)C2)c([N+](=O)[O-])c1. The Morgan fingerprint density at radius 1 is 1.38 bits per heavy atom. The molecule has 2 atom stereocenters. The van der Waals surface area contributed by atoms with E-state index in [1.54, 1.807) is 6.92 Å². The molecule has 1 fully saturated rings. The van der Waals surface area contributed by atoms with Crippen molar-refractivity contribution in [2.75, 3.05) is 24.5 Å². The molecule has 1 saturated heterocycles. The second-order valence-electron chi connectivity index (χ2n) is 7.05. The van der Waals surface area contributed by atoms with Crippen LogP contribution in [-0.4, -0.2) is 48.6 Å². The molecule has 1 aliphatic heterocycles. The predicted octanol–water partition coefficient (Wildman–Crippen LogP) is 2.22. The molecule has 0 spiro atoms. The standard InChI is InChI=1S/C19H26N4O6/c1-4-20-19(26)21-17(24)13(3)29-18(25)14-7-8-15(16(10-14)23(27)28)22-9-5-6-12(2)11-22/h7-8,10,12-13H,4-6,9,11H2,1-3H3,(H2,20,21,24,26)/t12-,13+/m1/s1. The van der Waals surface area contributed by atoms with Gasteiger partial charge in [0.2, 0.25) is 0 Å². The number of benzene rings is 1. The van der Waals surface area contributed by atoms with Crippen molar-refractivity contribution in [1.29, 1.82) is 0 Å². The first kappa shape index (κ1) is 22.1. The fraction of sp³-hybridized carbons (Fsp3) is 0.526. The Morgan fingerprint density at radius 3 is 2.72 bits per heavy atom. The second-order valence-corrected chi connectivity index (χ2v) is 7.05. The van der Waals surface area contributed by atoms with Crippen LogP contribution in [0.3, 0.4) is 0 Å². The number of rotatable bonds is 6. The van der Waals surface area contributed by atoms with Gasteiger partial charge in [-0.05, 0) is 44.7 Å². The molecule has 1 aromatic carbocycles. The molecular formula is C19H26N4O6. The van der Waals surface area contributed by atoms with Crippen molar-refractivity contribution >= 4 is 29.3 Å². The minimum absolute atomic E-state index is 0.0387. The number of carbonyl (C=O) groups is 3. The van der Waals surface area contributed by atoms with Crippen LogP contribution in [0.4, 0.5) is 16.2 Å². The lowest BCUT2D eigenvalue weighted by molar-refractivity contribution is -0.384. The molecule has 1 aromatic rings. The summed E-state index contributed by atoms with van der Waals surface area (Å²) in [6, 6.07) is 3.44. The molecule has 3 amide bonds. The van der Waals surface area contributed by atoms with Crippen LogP contribution in [0.25, 0.3) is 0 Å². The number of esters is 1. The van der Waals surface area contributed by atoms with E-state index in [4.69, 9.17) is 4.74 Å². The number of anilines is 1. The summed E-state index contributed by atoms with van der Waals surface area (Å²) >= 11 is 0. The number of nitrogens with one attached hydrogen (secondary N) is 2. The van der Waals surface area contributed by atoms with Gasteiger partial charge in [-0.3, -0.25) is 20.2 Å². The lowest BCUT2D eigenvalue weighted by Crippen LogP contribution is -2.44. The highest BCUT2D eigenvalue weighted by molar-refractivity contribution is 5.98. The molecule has 2 N–H and O–H groups in total. The van der Waals surface area contributed by atoms with Crippen molar-refractivity contribution in [3.63, 3.8) is 0 Å². The van der Waals surface area contributed by atoms with Crippen molar-refractivity contribution in [2.45, 2.75) is 39.7 Å². The van der Waals surface area contributed by atoms with Gasteiger partial charge in [0.25, 0.3) is 11.6 Å². The van der Waals surface area contributed by atoms with Gasteiger partial charge < -0.3 is 15.0 Å². The van der Waals surface area contributed by atoms with Crippen LogP contribution in [0.1, 0.15) is 44.0 Å². The number of amides is 3. The van der Waals surface area contributed by atoms with Crippen LogP contribution in [0.5, 0.6) is 0 Å². The van der Waals surface area contributed by atoms with Crippen molar-refractivity contribution in [3.05, 3.63) is 33.9 Å². The minimum atomic E-state index is -1.24. The molecule has 0 unspecified atom stereocenters. The van der Waals surface area contributed by atoms with Crippen LogP contribution in [0, 0.1) is 16.0 Å². The number of nitrogens with zero attached hydrogens (tertiary/aromatic N) is 2. The van der Waals surface area contributed by atoms with Crippen LogP contribution in [-0.2, 0) is 9.53 Å². The molecule has 29 heavy (non-hydrogen) atoms. The van der Waals surface area contributed by atoms with Crippen LogP contribution < -0.4 is 15.5 Å². The number of nitro groups is 1. The molecule has 10 heteroatoms. The van der Waals surface area contributed by atoms with E-state index in [0.29, 0.717) is 31.2 Å². The van der Waals surface area contributed by atoms with Gasteiger partial charge in [-0.2, -0.15) is 0 Å². The number of ether oxygens (including phenoxy) is 1. The first-order valence-electron chi connectivity index (χ1n) is 9.56. The summed E-state index contributed by atoms with van der Waals surface area (Å²) < 4.78 is 5.05. The Balaban J connectivity index is 2.12. The van der Waals surface area contributed by atoms with E-state index in [-0.39, 0.29) is 11.3 Å². The summed E-state index contributed by atoms with van der Waals surface area (Å²) in [5.41, 5.74) is 0.233. The van der Waals surface area contributed by atoms with Crippen molar-refractivity contribution in [2.24, 2.45) is 5.92 Å². The van der Waals surface area contributed by atoms with E-state index in [1.807, 2.05) is 10.2 Å². The molecule has 10 nitrogen and oxygen atoms in total. The third-order valence-corrected chi connectivity index (χ3v) is 4.63. The maximum absolute atomic E-state index is 12.3. The van der Waals surface area contributed by atoms with E-state index in [0.717, 1.165) is 18.9 Å². The molecule has 158 valence electrons. The van der Waals surface area contributed by atoms with Gasteiger partial charge in [0.15, 0.2) is 6.10 Å². The average Bonchev–Trinajstić information content (AvgIpc) is 2.67. The zero-order valence-electron chi connectivity index (χ0n) is 16.8. The van der Waals surface area contributed by atoms with Crippen LogP contribution >= 0.6 is 0 Å². The normalized spacial score (nSPS) is 17.2. The number of hydrogen-bond donors (Lipinski definition) is 2. The van der Waals surface area contributed by atoms with Crippen LogP contribution in [0.2, 0.25) is 0 Å². The number of piperidine rings is 1. The maximum Gasteiger partial charge on any atom is 0.339 e. The van der Waals surface area contributed by atoms with Gasteiger partial charge >= 0.3 is 12.0 Å². The highest BCUT2D eigenvalue weighted by Gasteiger charge is 2.27. The summed E-state index contributed by atoms with van der Waals surface area (Å²) in [6.45, 7) is 6.85. The third-order valence-electron chi connectivity index (χ3n) is 4.63. The van der Waals surface area contributed by atoms with E-state index in [9.17, 15) is 24.5 Å². The number of carbonyl (C=O) groups excluding carboxylic acids is 3. The zero-order chi connectivity index (χ0) is 21.6. The summed E-state index contributed by atoms with van der Waals surface area (Å²) in [7, 11) is 0. The van der Waals surface area contributed by atoms with Crippen molar-refractivity contribution in [3.8, 4) is 0 Å². The smallest absolute Gasteiger partial charge is 0.339 e. The number of imide groups is 1. The number of nitro benzene ring substituents is 1. The average molecular weight is 406 g/mol. The van der Waals surface area contributed by atoms with E-state index in [2.05, 4.69) is 12.2 Å². The summed E-state index contributed by atoms with van der Waals surface area (Å²) in [6.07, 6.45) is 0.775.